The van der Waals surface area contributed by atoms with E-state index in [2.05, 4.69) is 5.32 Å². The van der Waals surface area contributed by atoms with Gasteiger partial charge in [0.15, 0.2) is 17.2 Å². The number of aromatic hydroxyl groups is 1. The summed E-state index contributed by atoms with van der Waals surface area (Å²) < 4.78 is 14.3. The number of pyridine rings is 1. The van der Waals surface area contributed by atoms with Gasteiger partial charge in [0.25, 0.3) is 11.8 Å². The lowest BCUT2D eigenvalue weighted by Gasteiger charge is -2.39. The molecule has 2 amide bonds. The maximum atomic E-state index is 13.0. The molecule has 0 saturated carbocycles. The molecule has 2 N–H and O–H groups in total. The maximum absolute atomic E-state index is 13.0. The fourth-order valence-corrected chi connectivity index (χ4v) is 3.75. The summed E-state index contributed by atoms with van der Waals surface area (Å²) in [6.45, 7) is 0.504. The van der Waals surface area contributed by atoms with Crippen molar-refractivity contribution in [2.24, 2.45) is 0 Å². The Hall–Kier alpha value is -3.49. The first-order valence-corrected chi connectivity index (χ1v) is 9.19. The van der Waals surface area contributed by atoms with Crippen molar-refractivity contribution in [2.45, 2.75) is 32.0 Å². The number of hydrogen-bond acceptors (Lipinski definition) is 5. The van der Waals surface area contributed by atoms with Crippen LogP contribution in [-0.2, 0) is 17.9 Å². The fourth-order valence-electron chi connectivity index (χ4n) is 3.75. The average molecular weight is 399 g/mol. The van der Waals surface area contributed by atoms with E-state index < -0.39 is 34.9 Å². The summed E-state index contributed by atoms with van der Waals surface area (Å²) >= 11 is 0. The first kappa shape index (κ1) is 18.9. The fraction of sp³-hybridized carbons (Fsp3) is 0.300. The van der Waals surface area contributed by atoms with Gasteiger partial charge in [0.05, 0.1) is 6.54 Å². The number of rotatable bonds is 3. The molecular weight excluding hydrogens is 381 g/mol. The van der Waals surface area contributed by atoms with E-state index in [1.165, 1.54) is 39.9 Å². The van der Waals surface area contributed by atoms with Gasteiger partial charge in [-0.2, -0.15) is 0 Å². The largest absolute Gasteiger partial charge is 0.503 e. The van der Waals surface area contributed by atoms with Crippen LogP contribution in [0.25, 0.3) is 0 Å². The third kappa shape index (κ3) is 3.28. The van der Waals surface area contributed by atoms with E-state index in [1.807, 2.05) is 0 Å². The lowest BCUT2D eigenvalue weighted by atomic mass is 9.97. The quantitative estimate of drug-likeness (QED) is 0.794. The van der Waals surface area contributed by atoms with Crippen LogP contribution in [0.3, 0.4) is 0 Å². The van der Waals surface area contributed by atoms with E-state index in [1.54, 1.807) is 0 Å². The van der Waals surface area contributed by atoms with Gasteiger partial charge in [-0.25, -0.2) is 4.39 Å². The normalized spacial score (nSPS) is 18.2. The number of nitrogens with zero attached hydrogens (tertiary/aromatic N) is 2. The summed E-state index contributed by atoms with van der Waals surface area (Å²) in [5, 5.41) is 12.9. The van der Waals surface area contributed by atoms with E-state index >= 15 is 0 Å². The molecule has 8 nitrogen and oxygen atoms in total. The van der Waals surface area contributed by atoms with Gasteiger partial charge in [-0.3, -0.25) is 19.2 Å². The van der Waals surface area contributed by atoms with Gasteiger partial charge in [-0.05, 0) is 24.1 Å². The van der Waals surface area contributed by atoms with Crippen LogP contribution in [0.2, 0.25) is 0 Å². The first-order chi connectivity index (χ1) is 13.9. The summed E-state index contributed by atoms with van der Waals surface area (Å²) in [7, 11) is 0. The molecule has 4 rings (SSSR count). The molecule has 2 aliphatic rings. The molecule has 3 heterocycles. The van der Waals surface area contributed by atoms with E-state index in [4.69, 9.17) is 0 Å². The number of fused-ring (bicyclic) bond motifs is 2. The Bertz CT molecular complexity index is 1080. The van der Waals surface area contributed by atoms with Gasteiger partial charge in [-0.15, -0.1) is 0 Å². The van der Waals surface area contributed by atoms with Crippen molar-refractivity contribution < 1.29 is 23.9 Å². The molecular formula is C20H18FN3O5. The third-order valence-corrected chi connectivity index (χ3v) is 5.27. The number of aromatic nitrogens is 1. The number of carbonyl (C=O) groups is 3. The summed E-state index contributed by atoms with van der Waals surface area (Å²) in [5.41, 5.74) is -0.877. The van der Waals surface area contributed by atoms with Crippen LogP contribution >= 0.6 is 0 Å². The molecule has 9 heteroatoms. The van der Waals surface area contributed by atoms with Gasteiger partial charge < -0.3 is 19.9 Å². The topological polar surface area (TPSA) is 109 Å². The van der Waals surface area contributed by atoms with E-state index in [0.717, 1.165) is 0 Å². The van der Waals surface area contributed by atoms with Crippen LogP contribution in [0.5, 0.6) is 5.75 Å². The second-order valence-electron chi connectivity index (χ2n) is 7.11. The second-order valence-corrected chi connectivity index (χ2v) is 7.11. The maximum Gasteiger partial charge on any atom is 0.275 e. The number of hydrogen-bond donors (Lipinski definition) is 2. The Morgan fingerprint density at radius 2 is 1.93 bits per heavy atom. The minimum atomic E-state index is -0.956. The Morgan fingerprint density at radius 1 is 1.21 bits per heavy atom. The summed E-state index contributed by atoms with van der Waals surface area (Å²) in [5.74, 6) is -2.64. The van der Waals surface area contributed by atoms with Crippen molar-refractivity contribution in [1.29, 1.82) is 0 Å². The van der Waals surface area contributed by atoms with Crippen LogP contribution in [-0.4, -0.2) is 44.8 Å². The number of amides is 2. The molecule has 29 heavy (non-hydrogen) atoms. The number of nitrogens with one attached hydrogen (secondary N) is 1. The number of halogens is 1. The molecule has 1 aromatic heterocycles. The van der Waals surface area contributed by atoms with Crippen LogP contribution in [0.15, 0.2) is 35.3 Å². The molecule has 1 atom stereocenters. The Kier molecular flexibility index (Phi) is 4.65. The van der Waals surface area contributed by atoms with Crippen molar-refractivity contribution in [3.8, 4) is 5.75 Å². The zero-order valence-corrected chi connectivity index (χ0v) is 15.4. The zero-order chi connectivity index (χ0) is 20.7. The monoisotopic (exact) mass is 399 g/mol. The summed E-state index contributed by atoms with van der Waals surface area (Å²) in [4.78, 5) is 51.3. The van der Waals surface area contributed by atoms with E-state index in [0.29, 0.717) is 24.9 Å². The van der Waals surface area contributed by atoms with Gasteiger partial charge in [0.1, 0.15) is 17.4 Å². The standard InChI is InChI=1S/C20H18FN3O5/c21-12-5-3-11(4-6-12)8-22-19(28)13-9-23-10-14-15(25)2-1-7-24(14)20(29)16(23)18(27)17(13)26/h3-6,9,14,27H,1-2,7-8,10H2,(H,22,28). The third-order valence-electron chi connectivity index (χ3n) is 5.27. The van der Waals surface area contributed by atoms with E-state index in [9.17, 15) is 28.7 Å². The molecule has 1 unspecified atom stereocenters. The molecule has 0 bridgehead atoms. The van der Waals surface area contributed by atoms with Crippen molar-refractivity contribution in [1.82, 2.24) is 14.8 Å². The highest BCUT2D eigenvalue weighted by Gasteiger charge is 2.40. The molecule has 1 aromatic carbocycles. The Morgan fingerprint density at radius 3 is 2.66 bits per heavy atom. The number of ketones is 1. The number of Topliss-reactive ketones (excluding diaryl/α,β-unsaturated/α-hetero) is 1. The second kappa shape index (κ2) is 7.16. The minimum absolute atomic E-state index is 0.0505. The smallest absolute Gasteiger partial charge is 0.275 e. The van der Waals surface area contributed by atoms with Crippen LogP contribution < -0.4 is 10.7 Å². The Balaban J connectivity index is 1.63. The average Bonchev–Trinajstić information content (AvgIpc) is 2.71. The molecule has 0 radical (unpaired) electrons. The predicted octanol–water partition coefficient (Wildman–Crippen LogP) is 0.810. The van der Waals surface area contributed by atoms with Gasteiger partial charge in [-0.1, -0.05) is 12.1 Å². The molecule has 2 aliphatic heterocycles. The van der Waals surface area contributed by atoms with Crippen molar-refractivity contribution >= 4 is 17.6 Å². The SMILES string of the molecule is O=C(NCc1ccc(F)cc1)c1cn2c(c(O)c1=O)C(=O)N1CCCC(=O)C1C2. The summed E-state index contributed by atoms with van der Waals surface area (Å²) in [6.07, 6.45) is 2.10. The predicted molar refractivity (Wildman–Crippen MR) is 99.0 cm³/mol. The molecule has 150 valence electrons. The van der Waals surface area contributed by atoms with Crippen molar-refractivity contribution in [3.63, 3.8) is 0 Å². The number of benzene rings is 1. The zero-order valence-electron chi connectivity index (χ0n) is 15.4. The van der Waals surface area contributed by atoms with Crippen LogP contribution in [0.4, 0.5) is 4.39 Å². The van der Waals surface area contributed by atoms with Gasteiger partial charge in [0, 0.05) is 25.7 Å². The van der Waals surface area contributed by atoms with Crippen molar-refractivity contribution in [2.75, 3.05) is 6.54 Å². The lowest BCUT2D eigenvalue weighted by Crippen LogP contribution is -2.55. The van der Waals surface area contributed by atoms with Crippen LogP contribution in [0.1, 0.15) is 39.3 Å². The summed E-state index contributed by atoms with van der Waals surface area (Å²) in [6, 6.07) is 4.82. The highest BCUT2D eigenvalue weighted by molar-refractivity contribution is 6.02. The lowest BCUT2D eigenvalue weighted by molar-refractivity contribution is -0.126. The highest BCUT2D eigenvalue weighted by Crippen LogP contribution is 2.27. The van der Waals surface area contributed by atoms with Crippen molar-refractivity contribution in [3.05, 3.63) is 63.3 Å². The first-order valence-electron chi connectivity index (χ1n) is 9.19. The molecule has 2 aromatic rings. The molecule has 1 saturated heterocycles. The molecule has 1 fully saturated rings. The van der Waals surface area contributed by atoms with Gasteiger partial charge in [0.2, 0.25) is 5.43 Å². The number of piperidine rings is 1. The molecule has 0 spiro atoms. The van der Waals surface area contributed by atoms with E-state index in [-0.39, 0.29) is 30.1 Å². The van der Waals surface area contributed by atoms with Crippen LogP contribution in [0, 0.1) is 5.82 Å². The number of carbonyl (C=O) groups excluding carboxylic acids is 3. The highest BCUT2D eigenvalue weighted by atomic mass is 19.1. The molecule has 0 aliphatic carbocycles. The minimum Gasteiger partial charge on any atom is -0.503 e. The van der Waals surface area contributed by atoms with Gasteiger partial charge >= 0.3 is 0 Å². The Labute approximate surface area is 164 Å².